The molecular weight excluding hydrogens is 342 g/mol. The van der Waals surface area contributed by atoms with Crippen molar-refractivity contribution in [2.45, 2.75) is 32.6 Å². The number of benzene rings is 1. The van der Waals surface area contributed by atoms with Gasteiger partial charge >= 0.3 is 5.97 Å². The number of sulfonamides is 1. The number of H-pyrrole nitrogens is 1. The molecule has 2 aromatic rings. The number of esters is 1. The van der Waals surface area contributed by atoms with Crippen molar-refractivity contribution in [1.29, 1.82) is 0 Å². The van der Waals surface area contributed by atoms with E-state index in [1.807, 2.05) is 0 Å². The summed E-state index contributed by atoms with van der Waals surface area (Å²) in [7, 11) is -3.75. The molecule has 7 nitrogen and oxygen atoms in total. The summed E-state index contributed by atoms with van der Waals surface area (Å²) < 4.78 is 29.5. The Hall–Kier alpha value is -2.61. The van der Waals surface area contributed by atoms with Crippen molar-refractivity contribution in [3.05, 3.63) is 52.8 Å². The molecule has 1 aromatic heterocycles. The highest BCUT2D eigenvalue weighted by Crippen LogP contribution is 2.20. The van der Waals surface area contributed by atoms with E-state index in [4.69, 9.17) is 4.74 Å². The molecule has 0 radical (unpaired) electrons. The molecule has 0 aliphatic rings. The van der Waals surface area contributed by atoms with Crippen LogP contribution in [-0.2, 0) is 14.8 Å². The summed E-state index contributed by atoms with van der Waals surface area (Å²) in [6, 6.07) is 7.96. The van der Waals surface area contributed by atoms with Gasteiger partial charge in [-0.15, -0.1) is 0 Å². The van der Waals surface area contributed by atoms with Crippen LogP contribution < -0.4 is 4.83 Å². The number of hydrazone groups is 1. The average molecular weight is 363 g/mol. The van der Waals surface area contributed by atoms with E-state index in [1.165, 1.54) is 12.1 Å². The van der Waals surface area contributed by atoms with Crippen molar-refractivity contribution in [3.63, 3.8) is 0 Å². The Kier molecular flexibility index (Phi) is 5.63. The molecule has 1 aromatic carbocycles. The molecule has 0 aliphatic heterocycles. The van der Waals surface area contributed by atoms with Crippen LogP contribution in [0.4, 0.5) is 0 Å². The standard InChI is InChI=1S/C17H21N3O4S/c1-5-24-17(21)15-11(2)16(18-12(15)3)13(4)19-20-25(22,23)14-9-7-6-8-10-14/h6-10,18,20H,5H2,1-4H3/b19-13+. The highest BCUT2D eigenvalue weighted by atomic mass is 32.2. The van der Waals surface area contributed by atoms with Gasteiger partial charge < -0.3 is 9.72 Å². The quantitative estimate of drug-likeness (QED) is 0.468. The molecule has 0 saturated carbocycles. The zero-order chi connectivity index (χ0) is 18.6. The monoisotopic (exact) mass is 363 g/mol. The lowest BCUT2D eigenvalue weighted by Crippen LogP contribution is -2.20. The van der Waals surface area contributed by atoms with E-state index in [-0.39, 0.29) is 11.5 Å². The van der Waals surface area contributed by atoms with Crippen molar-refractivity contribution in [2.24, 2.45) is 5.10 Å². The molecule has 0 fully saturated rings. The van der Waals surface area contributed by atoms with Crippen molar-refractivity contribution < 1.29 is 17.9 Å². The van der Waals surface area contributed by atoms with Crippen LogP contribution in [0, 0.1) is 13.8 Å². The Morgan fingerprint density at radius 1 is 1.24 bits per heavy atom. The predicted octanol–water partition coefficient (Wildman–Crippen LogP) is 2.51. The Labute approximate surface area is 147 Å². The molecule has 134 valence electrons. The molecular formula is C17H21N3O4S. The summed E-state index contributed by atoms with van der Waals surface area (Å²) >= 11 is 0. The van der Waals surface area contributed by atoms with Gasteiger partial charge in [-0.25, -0.2) is 4.79 Å². The summed E-state index contributed by atoms with van der Waals surface area (Å²) in [5.74, 6) is -0.419. The molecule has 2 N–H and O–H groups in total. The summed E-state index contributed by atoms with van der Waals surface area (Å²) in [5.41, 5.74) is 2.74. The van der Waals surface area contributed by atoms with E-state index in [2.05, 4.69) is 14.9 Å². The maximum Gasteiger partial charge on any atom is 0.340 e. The van der Waals surface area contributed by atoms with Crippen LogP contribution in [0.25, 0.3) is 0 Å². The lowest BCUT2D eigenvalue weighted by molar-refractivity contribution is 0.0525. The van der Waals surface area contributed by atoms with Gasteiger partial charge in [-0.05, 0) is 45.4 Å². The number of aromatic amines is 1. The van der Waals surface area contributed by atoms with Crippen LogP contribution in [0.3, 0.4) is 0 Å². The average Bonchev–Trinajstić information content (AvgIpc) is 2.88. The fourth-order valence-corrected chi connectivity index (χ4v) is 3.34. The Morgan fingerprint density at radius 2 is 1.88 bits per heavy atom. The second-order valence-corrected chi connectivity index (χ2v) is 7.11. The van der Waals surface area contributed by atoms with Gasteiger partial charge in [-0.3, -0.25) is 0 Å². The highest BCUT2D eigenvalue weighted by Gasteiger charge is 2.21. The molecule has 0 aliphatic carbocycles. The lowest BCUT2D eigenvalue weighted by Gasteiger charge is -2.05. The van der Waals surface area contributed by atoms with Crippen LogP contribution in [0.15, 0.2) is 40.3 Å². The molecule has 1 heterocycles. The number of carbonyl (C=O) groups is 1. The van der Waals surface area contributed by atoms with Crippen LogP contribution >= 0.6 is 0 Å². The zero-order valence-corrected chi connectivity index (χ0v) is 15.4. The van der Waals surface area contributed by atoms with E-state index >= 15 is 0 Å². The second kappa shape index (κ2) is 7.52. The molecule has 2 rings (SSSR count). The van der Waals surface area contributed by atoms with Gasteiger partial charge in [0.05, 0.1) is 28.5 Å². The van der Waals surface area contributed by atoms with Gasteiger partial charge in [0.15, 0.2) is 0 Å². The number of nitrogens with zero attached hydrogens (tertiary/aromatic N) is 1. The number of rotatable bonds is 6. The van der Waals surface area contributed by atoms with Gasteiger partial charge in [0.2, 0.25) is 0 Å². The minimum Gasteiger partial charge on any atom is -0.462 e. The third-order valence-corrected chi connectivity index (χ3v) is 4.89. The van der Waals surface area contributed by atoms with E-state index in [0.717, 1.165) is 0 Å². The van der Waals surface area contributed by atoms with E-state index < -0.39 is 16.0 Å². The van der Waals surface area contributed by atoms with Gasteiger partial charge in [0, 0.05) is 5.69 Å². The first-order valence-electron chi connectivity index (χ1n) is 7.75. The maximum atomic E-state index is 12.2. The molecule has 0 amide bonds. The van der Waals surface area contributed by atoms with Gasteiger partial charge in [0.25, 0.3) is 10.0 Å². The third kappa shape index (κ3) is 4.08. The maximum absolute atomic E-state index is 12.2. The molecule has 0 saturated heterocycles. The normalized spacial score (nSPS) is 12.1. The summed E-state index contributed by atoms with van der Waals surface area (Å²) in [4.78, 5) is 17.4. The Bertz CT molecular complexity index is 899. The molecule has 0 spiro atoms. The first kappa shape index (κ1) is 18.7. The Morgan fingerprint density at radius 3 is 2.48 bits per heavy atom. The number of aromatic nitrogens is 1. The number of hydrogen-bond donors (Lipinski definition) is 2. The minimum absolute atomic E-state index is 0.123. The Balaban J connectivity index is 2.29. The summed E-state index contributed by atoms with van der Waals surface area (Å²) in [6.45, 7) is 7.18. The van der Waals surface area contributed by atoms with Gasteiger partial charge in [0.1, 0.15) is 0 Å². The lowest BCUT2D eigenvalue weighted by atomic mass is 10.1. The highest BCUT2D eigenvalue weighted by molar-refractivity contribution is 7.89. The number of carbonyl (C=O) groups excluding carboxylic acids is 1. The molecule has 0 bridgehead atoms. The van der Waals surface area contributed by atoms with Crippen molar-refractivity contribution in [1.82, 2.24) is 9.82 Å². The number of aryl methyl sites for hydroxylation is 1. The van der Waals surface area contributed by atoms with Gasteiger partial charge in [-0.2, -0.15) is 18.4 Å². The topological polar surface area (TPSA) is 101 Å². The SMILES string of the molecule is CCOC(=O)c1c(C)[nH]c(/C(C)=N/NS(=O)(=O)c2ccccc2)c1C. The van der Waals surface area contributed by atoms with Crippen LogP contribution in [0.5, 0.6) is 0 Å². The number of hydrogen-bond acceptors (Lipinski definition) is 5. The summed E-state index contributed by atoms with van der Waals surface area (Å²) in [6.07, 6.45) is 0. The predicted molar refractivity (Wildman–Crippen MR) is 95.2 cm³/mol. The number of nitrogens with one attached hydrogen (secondary N) is 2. The second-order valence-electron chi connectivity index (χ2n) is 5.45. The van der Waals surface area contributed by atoms with Gasteiger partial charge in [-0.1, -0.05) is 18.2 Å². The molecule has 0 atom stereocenters. The first-order valence-corrected chi connectivity index (χ1v) is 9.24. The van der Waals surface area contributed by atoms with E-state index in [1.54, 1.807) is 45.9 Å². The fourth-order valence-electron chi connectivity index (χ4n) is 2.46. The van der Waals surface area contributed by atoms with Crippen LogP contribution in [-0.4, -0.2) is 31.7 Å². The third-order valence-electron chi connectivity index (χ3n) is 3.67. The number of ether oxygens (including phenoxy) is 1. The van der Waals surface area contributed by atoms with E-state index in [9.17, 15) is 13.2 Å². The van der Waals surface area contributed by atoms with E-state index in [0.29, 0.717) is 28.2 Å². The largest absolute Gasteiger partial charge is 0.462 e. The molecule has 25 heavy (non-hydrogen) atoms. The zero-order valence-electron chi connectivity index (χ0n) is 14.6. The van der Waals surface area contributed by atoms with Crippen LogP contribution in [0.1, 0.15) is 41.2 Å². The smallest absolute Gasteiger partial charge is 0.340 e. The minimum atomic E-state index is -3.75. The van der Waals surface area contributed by atoms with Crippen molar-refractivity contribution >= 4 is 21.7 Å². The fraction of sp³-hybridized carbons (Fsp3) is 0.294. The first-order chi connectivity index (χ1) is 11.8. The molecule has 0 unspecified atom stereocenters. The van der Waals surface area contributed by atoms with Crippen molar-refractivity contribution in [3.8, 4) is 0 Å². The van der Waals surface area contributed by atoms with Crippen LogP contribution in [0.2, 0.25) is 0 Å². The molecule has 8 heteroatoms. The van der Waals surface area contributed by atoms with Crippen molar-refractivity contribution in [2.75, 3.05) is 6.61 Å². The summed E-state index contributed by atoms with van der Waals surface area (Å²) in [5, 5.41) is 3.96.